The highest BCUT2D eigenvalue weighted by Crippen LogP contribution is 2.28. The van der Waals surface area contributed by atoms with Crippen molar-refractivity contribution in [3.05, 3.63) is 64.7 Å². The van der Waals surface area contributed by atoms with Crippen molar-refractivity contribution in [2.75, 3.05) is 5.32 Å². The van der Waals surface area contributed by atoms with Crippen LogP contribution in [-0.4, -0.2) is 16.1 Å². The van der Waals surface area contributed by atoms with Crippen LogP contribution in [-0.2, 0) is 4.79 Å². The fourth-order valence-corrected chi connectivity index (χ4v) is 2.59. The van der Waals surface area contributed by atoms with Gasteiger partial charge in [-0.2, -0.15) is 0 Å². The minimum atomic E-state index is -0.366. The van der Waals surface area contributed by atoms with E-state index in [2.05, 4.69) is 24.5 Å². The molecule has 1 amide bonds. The third-order valence-electron chi connectivity index (χ3n) is 3.98. The van der Waals surface area contributed by atoms with E-state index in [1.807, 2.05) is 12.1 Å². The summed E-state index contributed by atoms with van der Waals surface area (Å²) < 4.78 is 0. The number of halogens is 1. The second kappa shape index (κ2) is 9.36. The van der Waals surface area contributed by atoms with E-state index < -0.39 is 0 Å². The molecule has 0 saturated carbocycles. The molecule has 2 aromatic rings. The van der Waals surface area contributed by atoms with Crippen molar-refractivity contribution in [3.8, 4) is 5.75 Å². The molecule has 0 aliphatic carbocycles. The Morgan fingerprint density at radius 2 is 1.96 bits per heavy atom. The highest BCUT2D eigenvalue weighted by Gasteiger charge is 2.09. The number of hydrogen-bond acceptors (Lipinski definition) is 3. The monoisotopic (exact) mass is 388 g/mol. The molecule has 0 fully saturated rings. The zero-order valence-electron chi connectivity index (χ0n) is 14.6. The first kappa shape index (κ1) is 19.9. The Kier molecular flexibility index (Phi) is 7.18. The second-order valence-corrected chi connectivity index (χ2v) is 6.76. The molecule has 0 aliphatic heterocycles. The van der Waals surface area contributed by atoms with Crippen LogP contribution in [0.25, 0.3) is 6.08 Å². The number of thiocarbonyl (C=S) groups is 1. The second-order valence-electron chi connectivity index (χ2n) is 5.91. The molecule has 0 unspecified atom stereocenters. The van der Waals surface area contributed by atoms with E-state index in [1.165, 1.54) is 6.08 Å². The topological polar surface area (TPSA) is 61.4 Å². The Balaban J connectivity index is 1.97. The van der Waals surface area contributed by atoms with Crippen molar-refractivity contribution in [3.63, 3.8) is 0 Å². The lowest BCUT2D eigenvalue weighted by atomic mass is 9.98. The van der Waals surface area contributed by atoms with E-state index in [0.29, 0.717) is 16.6 Å². The maximum absolute atomic E-state index is 12.0. The van der Waals surface area contributed by atoms with Gasteiger partial charge >= 0.3 is 0 Å². The van der Waals surface area contributed by atoms with Crippen molar-refractivity contribution in [1.82, 2.24) is 5.32 Å². The molecule has 3 N–H and O–H groups in total. The SMILES string of the molecule is CC[C@@H](C)c1ccc(O)c(NC(=S)NC(=O)/C=C/c2ccc(Cl)cc2)c1. The fourth-order valence-electron chi connectivity index (χ4n) is 2.25. The van der Waals surface area contributed by atoms with Crippen LogP contribution in [0.2, 0.25) is 5.02 Å². The average Bonchev–Trinajstić information content (AvgIpc) is 2.62. The number of aromatic hydroxyl groups is 1. The fraction of sp³-hybridized carbons (Fsp3) is 0.200. The van der Waals surface area contributed by atoms with Crippen molar-refractivity contribution in [1.29, 1.82) is 0 Å². The van der Waals surface area contributed by atoms with Crippen LogP contribution in [0.1, 0.15) is 37.3 Å². The van der Waals surface area contributed by atoms with Gasteiger partial charge in [0.2, 0.25) is 5.91 Å². The highest BCUT2D eigenvalue weighted by atomic mass is 35.5. The van der Waals surface area contributed by atoms with Gasteiger partial charge < -0.3 is 10.4 Å². The Bertz CT molecular complexity index is 819. The standard InChI is InChI=1S/C20H21ClN2O2S/c1-3-13(2)15-7-10-18(24)17(12-15)22-20(26)23-19(25)11-6-14-4-8-16(21)9-5-14/h4-13,24H,3H2,1-2H3,(H2,22,23,25,26)/b11-6+/t13-/m1/s1. The summed E-state index contributed by atoms with van der Waals surface area (Å²) in [4.78, 5) is 12.0. The van der Waals surface area contributed by atoms with Gasteiger partial charge in [-0.05, 0) is 66.0 Å². The Morgan fingerprint density at radius 1 is 1.27 bits per heavy atom. The molecule has 0 bridgehead atoms. The van der Waals surface area contributed by atoms with Gasteiger partial charge in [0, 0.05) is 11.1 Å². The summed E-state index contributed by atoms with van der Waals surface area (Å²) in [7, 11) is 0. The van der Waals surface area contributed by atoms with Crippen molar-refractivity contribution in [2.24, 2.45) is 0 Å². The smallest absolute Gasteiger partial charge is 0.250 e. The van der Waals surface area contributed by atoms with Gasteiger partial charge in [-0.1, -0.05) is 43.6 Å². The van der Waals surface area contributed by atoms with E-state index in [-0.39, 0.29) is 16.8 Å². The Labute approximate surface area is 163 Å². The number of rotatable bonds is 5. The number of benzene rings is 2. The lowest BCUT2D eigenvalue weighted by Gasteiger charge is -2.14. The molecule has 6 heteroatoms. The predicted molar refractivity (Wildman–Crippen MR) is 112 cm³/mol. The molecule has 2 rings (SSSR count). The Hall–Kier alpha value is -2.37. The molecule has 26 heavy (non-hydrogen) atoms. The normalized spacial score (nSPS) is 12.0. The van der Waals surface area contributed by atoms with E-state index >= 15 is 0 Å². The highest BCUT2D eigenvalue weighted by molar-refractivity contribution is 7.80. The molecule has 0 heterocycles. The molecule has 0 aliphatic rings. The zero-order chi connectivity index (χ0) is 19.1. The van der Waals surface area contributed by atoms with E-state index in [9.17, 15) is 9.90 Å². The van der Waals surface area contributed by atoms with Gasteiger partial charge in [0.15, 0.2) is 5.11 Å². The summed E-state index contributed by atoms with van der Waals surface area (Å²) in [5, 5.41) is 16.2. The van der Waals surface area contributed by atoms with Crippen LogP contribution in [0.15, 0.2) is 48.5 Å². The van der Waals surface area contributed by atoms with Crippen molar-refractivity contribution < 1.29 is 9.90 Å². The number of carbonyl (C=O) groups is 1. The number of nitrogens with one attached hydrogen (secondary N) is 2. The largest absolute Gasteiger partial charge is 0.506 e. The molecule has 136 valence electrons. The van der Waals surface area contributed by atoms with Crippen LogP contribution in [0.4, 0.5) is 5.69 Å². The Morgan fingerprint density at radius 3 is 2.62 bits per heavy atom. The number of phenols is 1. The van der Waals surface area contributed by atoms with Gasteiger partial charge in [-0.15, -0.1) is 0 Å². The maximum atomic E-state index is 12.0. The number of phenolic OH excluding ortho intramolecular Hbond substituents is 1. The lowest BCUT2D eigenvalue weighted by molar-refractivity contribution is -0.115. The van der Waals surface area contributed by atoms with E-state index in [1.54, 1.807) is 36.4 Å². The summed E-state index contributed by atoms with van der Waals surface area (Å²) in [6.07, 6.45) is 4.03. The first-order chi connectivity index (χ1) is 12.4. The molecule has 4 nitrogen and oxygen atoms in total. The van der Waals surface area contributed by atoms with E-state index in [0.717, 1.165) is 17.5 Å². The molecule has 0 aromatic heterocycles. The van der Waals surface area contributed by atoms with Gasteiger partial charge in [0.1, 0.15) is 5.75 Å². The van der Waals surface area contributed by atoms with Crippen LogP contribution in [0.3, 0.4) is 0 Å². The number of carbonyl (C=O) groups excluding carboxylic acids is 1. The van der Waals surface area contributed by atoms with Crippen LogP contribution in [0.5, 0.6) is 5.75 Å². The maximum Gasteiger partial charge on any atom is 0.250 e. The average molecular weight is 389 g/mol. The van der Waals surface area contributed by atoms with E-state index in [4.69, 9.17) is 23.8 Å². The first-order valence-corrected chi connectivity index (χ1v) is 9.06. The molecule has 0 spiro atoms. The van der Waals surface area contributed by atoms with Gasteiger partial charge in [-0.3, -0.25) is 10.1 Å². The molecule has 1 atom stereocenters. The minimum absolute atomic E-state index is 0.0744. The number of amides is 1. The van der Waals surface area contributed by atoms with Gasteiger partial charge in [-0.25, -0.2) is 0 Å². The van der Waals surface area contributed by atoms with Crippen molar-refractivity contribution >= 4 is 46.6 Å². The quantitative estimate of drug-likeness (QED) is 0.379. The summed E-state index contributed by atoms with van der Waals surface area (Å²) in [5.41, 5.74) is 2.40. The van der Waals surface area contributed by atoms with Gasteiger partial charge in [0.25, 0.3) is 0 Å². The molecule has 2 aromatic carbocycles. The third kappa shape index (κ3) is 5.86. The minimum Gasteiger partial charge on any atom is -0.506 e. The summed E-state index contributed by atoms with van der Waals surface area (Å²) in [5.74, 6) is 0.0713. The predicted octanol–water partition coefficient (Wildman–Crippen LogP) is 5.09. The molecular weight excluding hydrogens is 368 g/mol. The summed E-state index contributed by atoms with van der Waals surface area (Å²) in [6, 6.07) is 12.4. The summed E-state index contributed by atoms with van der Waals surface area (Å²) in [6.45, 7) is 4.21. The van der Waals surface area contributed by atoms with Gasteiger partial charge in [0.05, 0.1) is 5.69 Å². The number of hydrogen-bond donors (Lipinski definition) is 3. The molecule has 0 saturated heterocycles. The van der Waals surface area contributed by atoms with Crippen LogP contribution >= 0.6 is 23.8 Å². The lowest BCUT2D eigenvalue weighted by Crippen LogP contribution is -2.32. The van der Waals surface area contributed by atoms with Crippen LogP contribution < -0.4 is 10.6 Å². The number of anilines is 1. The summed E-state index contributed by atoms with van der Waals surface area (Å²) >= 11 is 11.0. The molecule has 0 radical (unpaired) electrons. The molecular formula is C20H21ClN2O2S. The third-order valence-corrected chi connectivity index (χ3v) is 4.44. The van der Waals surface area contributed by atoms with Crippen molar-refractivity contribution in [2.45, 2.75) is 26.2 Å². The first-order valence-electron chi connectivity index (χ1n) is 8.27. The van der Waals surface area contributed by atoms with Crippen LogP contribution in [0, 0.1) is 0 Å². The zero-order valence-corrected chi connectivity index (χ0v) is 16.2.